The number of nitrogens with zero attached hydrogens (tertiary/aromatic N) is 4. The first-order valence-electron chi connectivity index (χ1n) is 8.51. The molecule has 0 aliphatic heterocycles. The number of amides is 1. The van der Waals surface area contributed by atoms with E-state index < -0.39 is 0 Å². The summed E-state index contributed by atoms with van der Waals surface area (Å²) in [6.07, 6.45) is 4.67. The molecular formula is C20H21ClN5O+. The molecule has 0 saturated carbocycles. The molecule has 1 heterocycles. The third kappa shape index (κ3) is 5.01. The minimum atomic E-state index is -0.210. The van der Waals surface area contributed by atoms with Gasteiger partial charge >= 0.3 is 5.95 Å². The first kappa shape index (κ1) is 18.8. The van der Waals surface area contributed by atoms with Crippen LogP contribution in [0.4, 0.5) is 17.3 Å². The molecule has 0 fully saturated rings. The molecule has 3 rings (SSSR count). The van der Waals surface area contributed by atoms with Crippen LogP contribution in [0.15, 0.2) is 71.2 Å². The van der Waals surface area contributed by atoms with Gasteiger partial charge in [0.25, 0.3) is 0 Å². The molecule has 3 aromatic rings. The van der Waals surface area contributed by atoms with E-state index >= 15 is 0 Å². The lowest BCUT2D eigenvalue weighted by molar-refractivity contribution is -0.657. The summed E-state index contributed by atoms with van der Waals surface area (Å²) in [5.74, 6) is 0.520. The zero-order valence-corrected chi connectivity index (χ0v) is 16.0. The zero-order chi connectivity index (χ0) is 19.2. The fourth-order valence-electron chi connectivity index (χ4n) is 2.64. The number of alkyl halides is 1. The van der Waals surface area contributed by atoms with Crippen LogP contribution in [-0.2, 0) is 25.3 Å². The summed E-state index contributed by atoms with van der Waals surface area (Å²) in [5.41, 5.74) is 3.88. The van der Waals surface area contributed by atoms with E-state index in [4.69, 9.17) is 11.6 Å². The van der Waals surface area contributed by atoms with Crippen LogP contribution >= 0.6 is 11.6 Å². The standard InChI is InChI=1S/C20H20ClN5O/c1-25-11-12-26(2)20(25)24-23-18-9-5-16(6-10-18)13-15-3-7-17(8-4-15)22-19(27)14-21/h3-12H,13-14H2,1-2H3/p+1. The van der Waals surface area contributed by atoms with E-state index in [0.717, 1.165) is 29.3 Å². The molecule has 0 atom stereocenters. The number of anilines is 1. The number of carbonyl (C=O) groups excluding carboxylic acids is 1. The summed E-state index contributed by atoms with van der Waals surface area (Å²) in [7, 11) is 3.87. The Morgan fingerprint density at radius 2 is 1.70 bits per heavy atom. The zero-order valence-electron chi connectivity index (χ0n) is 15.3. The molecule has 6 nitrogen and oxygen atoms in total. The van der Waals surface area contributed by atoms with Crippen LogP contribution in [0.2, 0.25) is 0 Å². The van der Waals surface area contributed by atoms with Crippen LogP contribution in [0.1, 0.15) is 11.1 Å². The topological polar surface area (TPSA) is 62.6 Å². The summed E-state index contributed by atoms with van der Waals surface area (Å²) in [4.78, 5) is 11.3. The van der Waals surface area contributed by atoms with Crippen LogP contribution in [0.5, 0.6) is 0 Å². The Labute approximate surface area is 163 Å². The molecule has 138 valence electrons. The van der Waals surface area contributed by atoms with Crippen molar-refractivity contribution in [1.82, 2.24) is 4.57 Å². The van der Waals surface area contributed by atoms with Gasteiger partial charge in [0, 0.05) is 10.8 Å². The highest BCUT2D eigenvalue weighted by Crippen LogP contribution is 2.19. The van der Waals surface area contributed by atoms with Crippen LogP contribution in [0.25, 0.3) is 0 Å². The largest absolute Gasteiger partial charge is 0.421 e. The third-order valence-corrected chi connectivity index (χ3v) is 4.35. The minimum Gasteiger partial charge on any atom is -0.325 e. The number of rotatable bonds is 6. The van der Waals surface area contributed by atoms with Gasteiger partial charge in [-0.3, -0.25) is 4.79 Å². The molecule has 1 amide bonds. The molecule has 7 heteroatoms. The Kier molecular flexibility index (Phi) is 5.98. The van der Waals surface area contributed by atoms with Gasteiger partial charge in [0.15, 0.2) is 0 Å². The minimum absolute atomic E-state index is 0.0478. The number of imidazole rings is 1. The lowest BCUT2D eigenvalue weighted by Crippen LogP contribution is -2.25. The summed E-state index contributed by atoms with van der Waals surface area (Å²) in [5, 5.41) is 11.3. The lowest BCUT2D eigenvalue weighted by atomic mass is 10.0. The van der Waals surface area contributed by atoms with Gasteiger partial charge in [0.2, 0.25) is 5.91 Å². The molecule has 0 bridgehead atoms. The van der Waals surface area contributed by atoms with Crippen molar-refractivity contribution in [2.75, 3.05) is 11.2 Å². The third-order valence-electron chi connectivity index (χ3n) is 4.10. The number of azo groups is 1. The van der Waals surface area contributed by atoms with Crippen molar-refractivity contribution in [3.05, 3.63) is 72.1 Å². The molecule has 0 aliphatic carbocycles. The quantitative estimate of drug-likeness (QED) is 0.390. The predicted molar refractivity (Wildman–Crippen MR) is 106 cm³/mol. The average Bonchev–Trinajstić information content (AvgIpc) is 3.00. The van der Waals surface area contributed by atoms with Gasteiger partial charge < -0.3 is 5.32 Å². The van der Waals surface area contributed by atoms with Gasteiger partial charge in [-0.25, -0.2) is 9.13 Å². The van der Waals surface area contributed by atoms with E-state index in [0.29, 0.717) is 0 Å². The highest BCUT2D eigenvalue weighted by Gasteiger charge is 2.10. The molecule has 0 radical (unpaired) electrons. The molecule has 1 aromatic heterocycles. The van der Waals surface area contributed by atoms with Crippen molar-refractivity contribution in [2.45, 2.75) is 6.42 Å². The van der Waals surface area contributed by atoms with Crippen molar-refractivity contribution >= 4 is 34.8 Å². The number of benzene rings is 2. The molecule has 1 N–H and O–H groups in total. The number of aryl methyl sites for hydroxylation is 2. The molecule has 0 spiro atoms. The second-order valence-corrected chi connectivity index (χ2v) is 6.51. The fourth-order valence-corrected chi connectivity index (χ4v) is 2.71. The first-order valence-corrected chi connectivity index (χ1v) is 9.05. The summed E-state index contributed by atoms with van der Waals surface area (Å²) >= 11 is 5.49. The van der Waals surface area contributed by atoms with Gasteiger partial charge in [-0.15, -0.1) is 11.6 Å². The molecule has 0 saturated heterocycles. The van der Waals surface area contributed by atoms with Gasteiger partial charge in [-0.05, 0) is 41.8 Å². The Hall–Kier alpha value is -2.99. The Morgan fingerprint density at radius 1 is 1.07 bits per heavy atom. The van der Waals surface area contributed by atoms with E-state index in [2.05, 4.69) is 15.5 Å². The smallest absolute Gasteiger partial charge is 0.325 e. The molecule has 0 unspecified atom stereocenters. The molecule has 27 heavy (non-hydrogen) atoms. The summed E-state index contributed by atoms with van der Waals surface area (Å²) < 4.78 is 3.83. The van der Waals surface area contributed by atoms with E-state index in [9.17, 15) is 4.79 Å². The number of aromatic nitrogens is 2. The monoisotopic (exact) mass is 382 g/mol. The number of halogens is 1. The number of carbonyl (C=O) groups is 1. The van der Waals surface area contributed by atoms with E-state index in [1.54, 1.807) is 0 Å². The summed E-state index contributed by atoms with van der Waals surface area (Å²) in [6.45, 7) is 0. The van der Waals surface area contributed by atoms with Crippen LogP contribution in [0, 0.1) is 0 Å². The summed E-state index contributed by atoms with van der Waals surface area (Å²) in [6, 6.07) is 15.7. The van der Waals surface area contributed by atoms with Gasteiger partial charge in [-0.1, -0.05) is 29.4 Å². The number of hydrogen-bond donors (Lipinski definition) is 1. The highest BCUT2D eigenvalue weighted by molar-refractivity contribution is 6.29. The van der Waals surface area contributed by atoms with Crippen LogP contribution in [0.3, 0.4) is 0 Å². The van der Waals surface area contributed by atoms with E-state index in [1.807, 2.05) is 84.2 Å². The van der Waals surface area contributed by atoms with E-state index in [-0.39, 0.29) is 11.8 Å². The number of hydrogen-bond acceptors (Lipinski definition) is 3. The molecular weight excluding hydrogens is 362 g/mol. The van der Waals surface area contributed by atoms with Crippen molar-refractivity contribution in [1.29, 1.82) is 0 Å². The normalized spacial score (nSPS) is 11.1. The van der Waals surface area contributed by atoms with Crippen molar-refractivity contribution in [3.8, 4) is 0 Å². The second kappa shape index (κ2) is 8.60. The van der Waals surface area contributed by atoms with Crippen LogP contribution < -0.4 is 9.88 Å². The highest BCUT2D eigenvalue weighted by atomic mass is 35.5. The average molecular weight is 383 g/mol. The number of nitrogens with one attached hydrogen (secondary N) is 1. The van der Waals surface area contributed by atoms with E-state index in [1.165, 1.54) is 5.56 Å². The Bertz CT molecular complexity index is 926. The van der Waals surface area contributed by atoms with Crippen molar-refractivity contribution < 1.29 is 9.36 Å². The van der Waals surface area contributed by atoms with Gasteiger partial charge in [-0.2, -0.15) is 0 Å². The maximum atomic E-state index is 11.3. The Morgan fingerprint density at radius 3 is 2.26 bits per heavy atom. The SMILES string of the molecule is Cn1cc[n+](C)c1N=Nc1ccc(Cc2ccc(NC(=O)CCl)cc2)cc1. The van der Waals surface area contributed by atoms with Gasteiger partial charge in [0.1, 0.15) is 11.6 Å². The maximum Gasteiger partial charge on any atom is 0.421 e. The van der Waals surface area contributed by atoms with Crippen LogP contribution in [-0.4, -0.2) is 16.4 Å². The second-order valence-electron chi connectivity index (χ2n) is 6.24. The molecule has 2 aromatic carbocycles. The predicted octanol–water partition coefficient (Wildman–Crippen LogP) is 4.03. The first-order chi connectivity index (χ1) is 13.0. The maximum absolute atomic E-state index is 11.3. The van der Waals surface area contributed by atoms with Crippen molar-refractivity contribution in [2.24, 2.45) is 24.3 Å². The molecule has 0 aliphatic rings. The fraction of sp³-hybridized carbons (Fsp3) is 0.200. The Balaban J connectivity index is 1.63. The van der Waals surface area contributed by atoms with Crippen molar-refractivity contribution in [3.63, 3.8) is 0 Å². The lowest BCUT2D eigenvalue weighted by Gasteiger charge is -2.05. The van der Waals surface area contributed by atoms with Gasteiger partial charge in [0.05, 0.1) is 26.5 Å².